The highest BCUT2D eigenvalue weighted by atomic mass is 35.5. The van der Waals surface area contributed by atoms with Crippen molar-refractivity contribution in [2.24, 2.45) is 0 Å². The molecule has 0 aliphatic carbocycles. The third-order valence-electron chi connectivity index (χ3n) is 5.23. The van der Waals surface area contributed by atoms with E-state index >= 15 is 0 Å². The number of hydrogen-bond acceptors (Lipinski definition) is 4. The van der Waals surface area contributed by atoms with E-state index in [4.69, 9.17) is 21.1 Å². The Kier molecular flexibility index (Phi) is 6.03. The van der Waals surface area contributed by atoms with Gasteiger partial charge in [0.25, 0.3) is 5.91 Å². The zero-order valence-corrected chi connectivity index (χ0v) is 16.7. The lowest BCUT2D eigenvalue weighted by Gasteiger charge is -2.20. The van der Waals surface area contributed by atoms with Crippen LogP contribution < -0.4 is 9.47 Å². The Bertz CT molecular complexity index is 819. The van der Waals surface area contributed by atoms with Crippen molar-refractivity contribution < 1.29 is 14.3 Å². The van der Waals surface area contributed by atoms with Crippen molar-refractivity contribution in [2.75, 3.05) is 32.8 Å². The molecule has 2 aliphatic heterocycles. The number of carbonyl (C=O) groups excluding carboxylic acids is 1. The molecule has 0 N–H and O–H groups in total. The van der Waals surface area contributed by atoms with E-state index in [-0.39, 0.29) is 12.5 Å². The van der Waals surface area contributed by atoms with Crippen molar-refractivity contribution in [1.29, 1.82) is 0 Å². The molecule has 0 unspecified atom stereocenters. The summed E-state index contributed by atoms with van der Waals surface area (Å²) in [5.41, 5.74) is 2.31. The van der Waals surface area contributed by atoms with Gasteiger partial charge in [-0.2, -0.15) is 0 Å². The molecule has 0 aromatic heterocycles. The van der Waals surface area contributed by atoms with Crippen LogP contribution in [0.3, 0.4) is 0 Å². The van der Waals surface area contributed by atoms with Crippen LogP contribution in [0.25, 0.3) is 0 Å². The van der Waals surface area contributed by atoms with Gasteiger partial charge in [0, 0.05) is 43.3 Å². The molecule has 28 heavy (non-hydrogen) atoms. The van der Waals surface area contributed by atoms with E-state index < -0.39 is 0 Å². The standard InChI is InChI=1S/C22H25ClN2O3/c23-19-5-8-21-18(13-19)15-24(11-12-27-21)14-17-3-6-20(7-4-17)28-16-22(26)25-9-1-2-10-25/h3-8,13H,1-2,9-12,14-16H2. The summed E-state index contributed by atoms with van der Waals surface area (Å²) >= 11 is 6.13. The first-order valence-electron chi connectivity index (χ1n) is 9.80. The van der Waals surface area contributed by atoms with Crippen LogP contribution in [0, 0.1) is 0 Å². The molecule has 0 bridgehead atoms. The van der Waals surface area contributed by atoms with Crippen molar-refractivity contribution >= 4 is 17.5 Å². The molecule has 0 radical (unpaired) electrons. The lowest BCUT2D eigenvalue weighted by atomic mass is 10.1. The number of benzene rings is 2. The lowest BCUT2D eigenvalue weighted by molar-refractivity contribution is -0.132. The average Bonchev–Trinajstić information content (AvgIpc) is 3.16. The van der Waals surface area contributed by atoms with E-state index in [0.29, 0.717) is 6.61 Å². The summed E-state index contributed by atoms with van der Waals surface area (Å²) in [4.78, 5) is 16.3. The van der Waals surface area contributed by atoms with Gasteiger partial charge in [0.1, 0.15) is 18.1 Å². The first-order chi connectivity index (χ1) is 13.7. The summed E-state index contributed by atoms with van der Waals surface area (Å²) < 4.78 is 11.5. The minimum Gasteiger partial charge on any atom is -0.492 e. The molecular formula is C22H25ClN2O3. The average molecular weight is 401 g/mol. The Labute approximate surface area is 170 Å². The van der Waals surface area contributed by atoms with Gasteiger partial charge in [-0.05, 0) is 48.7 Å². The highest BCUT2D eigenvalue weighted by molar-refractivity contribution is 6.30. The van der Waals surface area contributed by atoms with Gasteiger partial charge >= 0.3 is 0 Å². The van der Waals surface area contributed by atoms with E-state index in [1.807, 2.05) is 35.2 Å². The van der Waals surface area contributed by atoms with Crippen molar-refractivity contribution in [2.45, 2.75) is 25.9 Å². The zero-order valence-electron chi connectivity index (χ0n) is 15.9. The highest BCUT2D eigenvalue weighted by Gasteiger charge is 2.18. The molecular weight excluding hydrogens is 376 g/mol. The summed E-state index contributed by atoms with van der Waals surface area (Å²) in [6, 6.07) is 13.8. The predicted octanol–water partition coefficient (Wildman–Crippen LogP) is 3.74. The number of amides is 1. The summed E-state index contributed by atoms with van der Waals surface area (Å²) in [7, 11) is 0. The molecule has 4 rings (SSSR count). The van der Waals surface area contributed by atoms with Crippen LogP contribution in [-0.2, 0) is 17.9 Å². The number of likely N-dealkylation sites (tertiary alicyclic amines) is 1. The third-order valence-corrected chi connectivity index (χ3v) is 5.47. The highest BCUT2D eigenvalue weighted by Crippen LogP contribution is 2.27. The number of hydrogen-bond donors (Lipinski definition) is 0. The minimum absolute atomic E-state index is 0.0727. The summed E-state index contributed by atoms with van der Waals surface area (Å²) in [6.07, 6.45) is 2.19. The first-order valence-corrected chi connectivity index (χ1v) is 10.2. The number of fused-ring (bicyclic) bond motifs is 1. The molecule has 6 heteroatoms. The quantitative estimate of drug-likeness (QED) is 0.766. The molecule has 148 valence electrons. The predicted molar refractivity (Wildman–Crippen MR) is 109 cm³/mol. The SMILES string of the molecule is O=C(COc1ccc(CN2CCOc3ccc(Cl)cc3C2)cc1)N1CCCC1. The summed E-state index contributed by atoms with van der Waals surface area (Å²) in [5.74, 6) is 1.72. The molecule has 1 saturated heterocycles. The Morgan fingerprint density at radius 2 is 1.86 bits per heavy atom. The number of rotatable bonds is 5. The molecule has 2 heterocycles. The molecule has 2 aliphatic rings. The fourth-order valence-corrected chi connectivity index (χ4v) is 3.90. The van der Waals surface area contributed by atoms with Gasteiger partial charge in [-0.1, -0.05) is 23.7 Å². The number of nitrogens with zero attached hydrogens (tertiary/aromatic N) is 2. The van der Waals surface area contributed by atoms with Gasteiger partial charge < -0.3 is 14.4 Å². The maximum atomic E-state index is 12.1. The van der Waals surface area contributed by atoms with Gasteiger partial charge in [0.2, 0.25) is 0 Å². The minimum atomic E-state index is 0.0727. The van der Waals surface area contributed by atoms with Crippen LogP contribution in [0.15, 0.2) is 42.5 Å². The van der Waals surface area contributed by atoms with E-state index in [1.165, 1.54) is 5.56 Å². The topological polar surface area (TPSA) is 42.0 Å². The molecule has 0 saturated carbocycles. The van der Waals surface area contributed by atoms with Crippen molar-refractivity contribution in [3.05, 3.63) is 58.6 Å². The van der Waals surface area contributed by atoms with E-state index in [1.54, 1.807) is 0 Å². The largest absolute Gasteiger partial charge is 0.492 e. The van der Waals surface area contributed by atoms with Crippen LogP contribution in [0.2, 0.25) is 5.02 Å². The fourth-order valence-electron chi connectivity index (χ4n) is 3.70. The van der Waals surface area contributed by atoms with Gasteiger partial charge in [-0.3, -0.25) is 9.69 Å². The van der Waals surface area contributed by atoms with Crippen molar-refractivity contribution in [1.82, 2.24) is 9.80 Å². The molecule has 1 fully saturated rings. The lowest BCUT2D eigenvalue weighted by Crippen LogP contribution is -2.32. The second-order valence-corrected chi connectivity index (χ2v) is 7.77. The fraction of sp³-hybridized carbons (Fsp3) is 0.409. The maximum Gasteiger partial charge on any atom is 0.260 e. The van der Waals surface area contributed by atoms with E-state index in [2.05, 4.69) is 17.0 Å². The van der Waals surface area contributed by atoms with Crippen molar-refractivity contribution in [3.8, 4) is 11.5 Å². The molecule has 2 aromatic carbocycles. The molecule has 1 amide bonds. The second kappa shape index (κ2) is 8.84. The van der Waals surface area contributed by atoms with Gasteiger partial charge in [-0.15, -0.1) is 0 Å². The van der Waals surface area contributed by atoms with Crippen LogP contribution in [0.1, 0.15) is 24.0 Å². The van der Waals surface area contributed by atoms with Gasteiger partial charge in [0.05, 0.1) is 0 Å². The van der Waals surface area contributed by atoms with Gasteiger partial charge in [-0.25, -0.2) is 0 Å². The van der Waals surface area contributed by atoms with Crippen molar-refractivity contribution in [3.63, 3.8) is 0 Å². The van der Waals surface area contributed by atoms with Crippen LogP contribution in [-0.4, -0.2) is 48.6 Å². The van der Waals surface area contributed by atoms with E-state index in [9.17, 15) is 4.79 Å². The van der Waals surface area contributed by atoms with E-state index in [0.717, 1.165) is 67.7 Å². The van der Waals surface area contributed by atoms with Crippen LogP contribution >= 0.6 is 11.6 Å². The number of carbonyl (C=O) groups is 1. The Morgan fingerprint density at radius 1 is 1.07 bits per heavy atom. The smallest absolute Gasteiger partial charge is 0.260 e. The molecule has 0 atom stereocenters. The summed E-state index contributed by atoms with van der Waals surface area (Å²) in [5, 5.41) is 0.731. The maximum absolute atomic E-state index is 12.1. The normalized spacial score (nSPS) is 17.0. The molecule has 5 nitrogen and oxygen atoms in total. The monoisotopic (exact) mass is 400 g/mol. The Hall–Kier alpha value is -2.24. The Morgan fingerprint density at radius 3 is 2.64 bits per heavy atom. The summed E-state index contributed by atoms with van der Waals surface area (Å²) in [6.45, 7) is 4.97. The first kappa shape index (κ1) is 19.1. The zero-order chi connectivity index (χ0) is 19.3. The second-order valence-electron chi connectivity index (χ2n) is 7.33. The number of ether oxygens (including phenoxy) is 2. The Balaban J connectivity index is 1.32. The third kappa shape index (κ3) is 4.78. The number of halogens is 1. The van der Waals surface area contributed by atoms with Crippen LogP contribution in [0.4, 0.5) is 0 Å². The van der Waals surface area contributed by atoms with Gasteiger partial charge in [0.15, 0.2) is 6.61 Å². The molecule has 0 spiro atoms. The van der Waals surface area contributed by atoms with Crippen LogP contribution in [0.5, 0.6) is 11.5 Å². The molecule has 2 aromatic rings.